The first-order valence-electron chi connectivity index (χ1n) is 8.97. The van der Waals surface area contributed by atoms with Gasteiger partial charge in [-0.3, -0.25) is 9.00 Å². The second-order valence-electron chi connectivity index (χ2n) is 7.22. The van der Waals surface area contributed by atoms with E-state index in [1.807, 2.05) is 61.5 Å². The Kier molecular flexibility index (Phi) is 4.53. The minimum Gasteiger partial charge on any atom is -0.460 e. The third kappa shape index (κ3) is 2.92. The summed E-state index contributed by atoms with van der Waals surface area (Å²) < 4.78 is 18.2. The van der Waals surface area contributed by atoms with Crippen LogP contribution in [0, 0.1) is 18.8 Å². The molecule has 1 unspecified atom stereocenters. The van der Waals surface area contributed by atoms with Gasteiger partial charge in [0.1, 0.15) is 6.61 Å². The molecular weight excluding hydrogens is 344 g/mol. The summed E-state index contributed by atoms with van der Waals surface area (Å²) in [6.07, 6.45) is 5.70. The van der Waals surface area contributed by atoms with Crippen molar-refractivity contribution in [1.82, 2.24) is 0 Å². The van der Waals surface area contributed by atoms with Gasteiger partial charge in [0.2, 0.25) is 0 Å². The Hall–Kier alpha value is -2.20. The molecule has 0 aromatic heterocycles. The minimum absolute atomic E-state index is 0.0158. The summed E-state index contributed by atoms with van der Waals surface area (Å²) in [7, 11) is -1.44. The number of carbonyl (C=O) groups excluding carboxylic acids is 1. The van der Waals surface area contributed by atoms with Gasteiger partial charge < -0.3 is 4.74 Å². The molecule has 2 aromatic rings. The number of esters is 1. The fourth-order valence-electron chi connectivity index (χ4n) is 4.05. The monoisotopic (exact) mass is 366 g/mol. The first kappa shape index (κ1) is 17.2. The lowest BCUT2D eigenvalue weighted by molar-refractivity contribution is -0.148. The second-order valence-corrected chi connectivity index (χ2v) is 8.96. The van der Waals surface area contributed by atoms with Crippen LogP contribution >= 0.6 is 0 Å². The summed E-state index contributed by atoms with van der Waals surface area (Å²) in [5.41, 5.74) is 2.05. The van der Waals surface area contributed by atoms with Crippen LogP contribution in [-0.4, -0.2) is 14.9 Å². The number of ether oxygens (including phenoxy) is 1. The van der Waals surface area contributed by atoms with Crippen molar-refractivity contribution in [3.63, 3.8) is 0 Å². The number of fused-ring (bicyclic) bond motifs is 2. The van der Waals surface area contributed by atoms with Crippen LogP contribution in [0.15, 0.2) is 71.6 Å². The summed E-state index contributed by atoms with van der Waals surface area (Å²) in [6.45, 7) is 2.21. The number of hydrogen-bond acceptors (Lipinski definition) is 3. The summed E-state index contributed by atoms with van der Waals surface area (Å²) in [5, 5.41) is 0. The first-order valence-corrected chi connectivity index (χ1v) is 10.1. The summed E-state index contributed by atoms with van der Waals surface area (Å²) in [4.78, 5) is 13.9. The van der Waals surface area contributed by atoms with E-state index >= 15 is 0 Å². The van der Waals surface area contributed by atoms with Gasteiger partial charge in [-0.1, -0.05) is 60.2 Å². The summed E-state index contributed by atoms with van der Waals surface area (Å²) in [5.74, 6) is -0.0336. The highest BCUT2D eigenvalue weighted by Gasteiger charge is 2.59. The fourth-order valence-corrected chi connectivity index (χ4v) is 5.88. The van der Waals surface area contributed by atoms with Gasteiger partial charge in [-0.05, 0) is 43.4 Å². The van der Waals surface area contributed by atoms with Gasteiger partial charge in [-0.25, -0.2) is 0 Å². The van der Waals surface area contributed by atoms with E-state index in [1.54, 1.807) is 0 Å². The van der Waals surface area contributed by atoms with Crippen molar-refractivity contribution in [2.45, 2.75) is 36.0 Å². The van der Waals surface area contributed by atoms with Crippen molar-refractivity contribution >= 4 is 16.8 Å². The van der Waals surface area contributed by atoms with Crippen LogP contribution < -0.4 is 0 Å². The maximum atomic E-state index is 13.5. The molecule has 4 atom stereocenters. The van der Waals surface area contributed by atoms with Crippen molar-refractivity contribution in [1.29, 1.82) is 0 Å². The van der Waals surface area contributed by atoms with E-state index < -0.39 is 15.5 Å². The standard InChI is InChI=1S/C22H22O3S/c1-16-7-11-20(12-8-16)26(24)22(14-18-9-10-19(22)13-18)21(23)25-15-17-5-3-2-4-6-17/h2-12,18-19H,13-15H2,1H3/t18-,19+,22+,26?/m1/s1. The molecule has 2 aliphatic rings. The van der Waals surface area contributed by atoms with Crippen LogP contribution in [0.5, 0.6) is 0 Å². The second kappa shape index (κ2) is 6.84. The molecule has 3 nitrogen and oxygen atoms in total. The number of hydrogen-bond donors (Lipinski definition) is 0. The normalized spacial score (nSPS) is 27.4. The molecule has 0 radical (unpaired) electrons. The Morgan fingerprint density at radius 3 is 2.46 bits per heavy atom. The third-order valence-corrected chi connectivity index (χ3v) is 7.46. The molecule has 0 saturated heterocycles. The van der Waals surface area contributed by atoms with Crippen molar-refractivity contribution in [3.05, 3.63) is 77.9 Å². The average molecular weight is 366 g/mol. The van der Waals surface area contributed by atoms with E-state index in [-0.39, 0.29) is 18.5 Å². The molecule has 1 saturated carbocycles. The largest absolute Gasteiger partial charge is 0.460 e. The number of aryl methyl sites for hydroxylation is 1. The zero-order valence-electron chi connectivity index (χ0n) is 14.8. The Morgan fingerprint density at radius 2 is 1.85 bits per heavy atom. The van der Waals surface area contributed by atoms with Gasteiger partial charge >= 0.3 is 5.97 Å². The van der Waals surface area contributed by atoms with E-state index in [0.29, 0.717) is 17.2 Å². The molecular formula is C22H22O3S. The van der Waals surface area contributed by atoms with Gasteiger partial charge in [0.25, 0.3) is 0 Å². The van der Waals surface area contributed by atoms with E-state index in [4.69, 9.17) is 4.74 Å². The van der Waals surface area contributed by atoms with E-state index in [2.05, 4.69) is 12.2 Å². The molecule has 2 bridgehead atoms. The number of rotatable bonds is 5. The lowest BCUT2D eigenvalue weighted by Gasteiger charge is -2.32. The van der Waals surface area contributed by atoms with Crippen LogP contribution in [0.1, 0.15) is 24.0 Å². The molecule has 0 spiro atoms. The highest BCUT2D eigenvalue weighted by Crippen LogP contribution is 2.51. The molecule has 0 amide bonds. The Bertz CT molecular complexity index is 857. The van der Waals surface area contributed by atoms with Gasteiger partial charge in [0.05, 0.1) is 10.8 Å². The molecule has 2 aliphatic carbocycles. The maximum absolute atomic E-state index is 13.5. The third-order valence-electron chi connectivity index (χ3n) is 5.46. The lowest BCUT2D eigenvalue weighted by atomic mass is 9.92. The van der Waals surface area contributed by atoms with Gasteiger partial charge in [0, 0.05) is 10.8 Å². The molecule has 0 aliphatic heterocycles. The van der Waals surface area contributed by atoms with Gasteiger partial charge in [-0.15, -0.1) is 0 Å². The van der Waals surface area contributed by atoms with E-state index in [0.717, 1.165) is 17.5 Å². The predicted molar refractivity (Wildman–Crippen MR) is 102 cm³/mol. The van der Waals surface area contributed by atoms with Crippen LogP contribution in [0.4, 0.5) is 0 Å². The van der Waals surface area contributed by atoms with Gasteiger partial charge in [0.15, 0.2) is 4.75 Å². The molecule has 26 heavy (non-hydrogen) atoms. The molecule has 134 valence electrons. The Morgan fingerprint density at radius 1 is 1.12 bits per heavy atom. The SMILES string of the molecule is Cc1ccc(S(=O)[C@@]2(C(=O)OCc3ccccc3)C[C@@H]3C=C[C@H]2C3)cc1. The zero-order chi connectivity index (χ0) is 18.1. The molecule has 4 rings (SSSR count). The topological polar surface area (TPSA) is 43.4 Å². The van der Waals surface area contributed by atoms with Crippen molar-refractivity contribution < 1.29 is 13.7 Å². The molecule has 0 N–H and O–H groups in total. The van der Waals surface area contributed by atoms with Crippen LogP contribution in [0.3, 0.4) is 0 Å². The predicted octanol–water partition coefficient (Wildman–Crippen LogP) is 4.18. The quantitative estimate of drug-likeness (QED) is 0.589. The number of benzene rings is 2. The van der Waals surface area contributed by atoms with Crippen LogP contribution in [-0.2, 0) is 26.9 Å². The molecule has 4 heteroatoms. The average Bonchev–Trinajstić information content (AvgIpc) is 3.29. The molecule has 1 fully saturated rings. The number of allylic oxidation sites excluding steroid dienone is 2. The Labute approximate surface area is 156 Å². The van der Waals surface area contributed by atoms with Gasteiger partial charge in [-0.2, -0.15) is 0 Å². The van der Waals surface area contributed by atoms with Crippen LogP contribution in [0.2, 0.25) is 0 Å². The zero-order valence-corrected chi connectivity index (χ0v) is 15.6. The van der Waals surface area contributed by atoms with Crippen LogP contribution in [0.25, 0.3) is 0 Å². The summed E-state index contributed by atoms with van der Waals surface area (Å²) >= 11 is 0. The highest BCUT2D eigenvalue weighted by molar-refractivity contribution is 7.87. The fraction of sp³-hybridized carbons (Fsp3) is 0.318. The molecule has 0 heterocycles. The van der Waals surface area contributed by atoms with E-state index in [9.17, 15) is 9.00 Å². The van der Waals surface area contributed by atoms with Crippen molar-refractivity contribution in [2.75, 3.05) is 0 Å². The number of carbonyl (C=O) groups is 1. The smallest absolute Gasteiger partial charge is 0.326 e. The highest BCUT2D eigenvalue weighted by atomic mass is 32.2. The lowest BCUT2D eigenvalue weighted by Crippen LogP contribution is -2.47. The van der Waals surface area contributed by atoms with Crippen molar-refractivity contribution in [2.24, 2.45) is 11.8 Å². The van der Waals surface area contributed by atoms with Crippen molar-refractivity contribution in [3.8, 4) is 0 Å². The van der Waals surface area contributed by atoms with E-state index in [1.165, 1.54) is 0 Å². The maximum Gasteiger partial charge on any atom is 0.326 e. The minimum atomic E-state index is -1.44. The first-order chi connectivity index (χ1) is 12.6. The Balaban J connectivity index is 1.62. The summed E-state index contributed by atoms with van der Waals surface area (Å²) in [6, 6.07) is 17.3. The molecule has 2 aromatic carbocycles.